The molecule has 0 unspecified atom stereocenters. The summed E-state index contributed by atoms with van der Waals surface area (Å²) in [7, 11) is 0. The predicted octanol–water partition coefficient (Wildman–Crippen LogP) is 0.732. The van der Waals surface area contributed by atoms with Gasteiger partial charge in [0, 0.05) is 17.8 Å². The van der Waals surface area contributed by atoms with E-state index in [0.29, 0.717) is 11.4 Å². The largest absolute Gasteiger partial charge is 0.481 e. The van der Waals surface area contributed by atoms with Gasteiger partial charge in [-0.2, -0.15) is 4.98 Å². The molecule has 0 aliphatic heterocycles. The zero-order valence-electron chi connectivity index (χ0n) is 9.00. The van der Waals surface area contributed by atoms with Crippen LogP contribution in [0.2, 0.25) is 0 Å². The van der Waals surface area contributed by atoms with Crippen LogP contribution in [0.25, 0.3) is 0 Å². The summed E-state index contributed by atoms with van der Waals surface area (Å²) in [5.74, 6) is -0.901. The van der Waals surface area contributed by atoms with E-state index in [2.05, 4.69) is 9.97 Å². The fourth-order valence-electron chi connectivity index (χ4n) is 1.26. The van der Waals surface area contributed by atoms with Crippen molar-refractivity contribution in [2.45, 2.75) is 27.2 Å². The zero-order valence-corrected chi connectivity index (χ0v) is 9.00. The molecule has 0 spiro atoms. The molecule has 0 saturated carbocycles. The van der Waals surface area contributed by atoms with E-state index in [-0.39, 0.29) is 6.42 Å². The number of hydrogen-bond acceptors (Lipinski definition) is 3. The summed E-state index contributed by atoms with van der Waals surface area (Å²) >= 11 is 0. The van der Waals surface area contributed by atoms with Gasteiger partial charge in [-0.3, -0.25) is 4.79 Å². The number of aromatic nitrogens is 2. The summed E-state index contributed by atoms with van der Waals surface area (Å²) in [5, 5.41) is 8.93. The number of carbonyl (C=O) groups is 1. The Morgan fingerprint density at radius 1 is 1.60 bits per heavy atom. The first kappa shape index (κ1) is 11.4. The summed E-state index contributed by atoms with van der Waals surface area (Å²) < 4.78 is 0. The molecule has 5 nitrogen and oxygen atoms in total. The van der Waals surface area contributed by atoms with E-state index in [4.69, 9.17) is 5.11 Å². The molecular formula is C10H14N2O3. The van der Waals surface area contributed by atoms with Gasteiger partial charge in [0.2, 0.25) is 0 Å². The highest BCUT2D eigenvalue weighted by atomic mass is 16.4. The van der Waals surface area contributed by atoms with Crippen LogP contribution in [-0.4, -0.2) is 21.0 Å². The molecule has 1 aromatic rings. The van der Waals surface area contributed by atoms with E-state index >= 15 is 0 Å². The molecule has 0 saturated heterocycles. The van der Waals surface area contributed by atoms with E-state index in [1.165, 1.54) is 0 Å². The molecule has 1 heterocycles. The lowest BCUT2D eigenvalue weighted by Crippen LogP contribution is -2.28. The number of nitrogens with one attached hydrogen (secondary N) is 1. The molecule has 0 bridgehead atoms. The Hall–Kier alpha value is -1.65. The van der Waals surface area contributed by atoms with Gasteiger partial charge in [-0.15, -0.1) is 0 Å². The Balaban J connectivity index is 2.99. The van der Waals surface area contributed by atoms with Crippen molar-refractivity contribution < 1.29 is 9.90 Å². The molecule has 0 aliphatic carbocycles. The lowest BCUT2D eigenvalue weighted by atomic mass is 9.88. The molecule has 0 aliphatic rings. The van der Waals surface area contributed by atoms with Gasteiger partial charge in [0.05, 0.1) is 5.41 Å². The second kappa shape index (κ2) is 3.84. The van der Waals surface area contributed by atoms with Crippen molar-refractivity contribution >= 4 is 5.97 Å². The quantitative estimate of drug-likeness (QED) is 0.770. The lowest BCUT2D eigenvalue weighted by Gasteiger charge is -2.17. The minimum Gasteiger partial charge on any atom is -0.481 e. The van der Waals surface area contributed by atoms with Gasteiger partial charge in [-0.1, -0.05) is 0 Å². The minimum atomic E-state index is -0.909. The van der Waals surface area contributed by atoms with E-state index in [1.807, 2.05) is 0 Å². The van der Waals surface area contributed by atoms with Crippen molar-refractivity contribution in [1.29, 1.82) is 0 Å². The molecule has 0 fully saturated rings. The van der Waals surface area contributed by atoms with Crippen LogP contribution in [0.15, 0.2) is 10.9 Å². The topological polar surface area (TPSA) is 83.0 Å². The van der Waals surface area contributed by atoms with Gasteiger partial charge in [-0.25, -0.2) is 4.79 Å². The average Bonchev–Trinajstić information content (AvgIpc) is 1.99. The number of aryl methyl sites for hydroxylation is 1. The van der Waals surface area contributed by atoms with Crippen LogP contribution in [-0.2, 0) is 11.2 Å². The summed E-state index contributed by atoms with van der Waals surface area (Å²) in [6.07, 6.45) is 0.243. The van der Waals surface area contributed by atoms with Crippen LogP contribution >= 0.6 is 0 Å². The van der Waals surface area contributed by atoms with E-state index in [0.717, 1.165) is 0 Å². The molecule has 1 aromatic heterocycles. The Morgan fingerprint density at radius 3 is 2.67 bits per heavy atom. The molecule has 2 N–H and O–H groups in total. The van der Waals surface area contributed by atoms with Crippen molar-refractivity contribution in [3.63, 3.8) is 0 Å². The highest BCUT2D eigenvalue weighted by Crippen LogP contribution is 2.20. The first-order chi connectivity index (χ1) is 6.81. The Kier molecular flexibility index (Phi) is 2.93. The molecule has 15 heavy (non-hydrogen) atoms. The van der Waals surface area contributed by atoms with Crippen molar-refractivity contribution in [3.8, 4) is 0 Å². The molecule has 0 atom stereocenters. The monoisotopic (exact) mass is 210 g/mol. The Labute approximate surface area is 87.2 Å². The second-order valence-corrected chi connectivity index (χ2v) is 4.23. The Morgan fingerprint density at radius 2 is 2.20 bits per heavy atom. The Bertz CT molecular complexity index is 435. The number of H-pyrrole nitrogens is 1. The van der Waals surface area contributed by atoms with Crippen LogP contribution in [0.4, 0.5) is 0 Å². The van der Waals surface area contributed by atoms with Gasteiger partial charge < -0.3 is 10.1 Å². The molecule has 0 amide bonds. The highest BCUT2D eigenvalue weighted by Gasteiger charge is 2.28. The van der Waals surface area contributed by atoms with Crippen molar-refractivity contribution in [1.82, 2.24) is 9.97 Å². The van der Waals surface area contributed by atoms with Crippen LogP contribution in [0.3, 0.4) is 0 Å². The van der Waals surface area contributed by atoms with Crippen LogP contribution in [0.1, 0.15) is 25.2 Å². The number of carboxylic acid groups (broad SMARTS) is 1. The molecule has 82 valence electrons. The normalized spacial score (nSPS) is 11.4. The van der Waals surface area contributed by atoms with Crippen LogP contribution in [0.5, 0.6) is 0 Å². The molecule has 0 aromatic carbocycles. The van der Waals surface area contributed by atoms with Crippen LogP contribution < -0.4 is 5.69 Å². The zero-order chi connectivity index (χ0) is 11.6. The van der Waals surface area contributed by atoms with E-state index < -0.39 is 17.1 Å². The fraction of sp³-hybridized carbons (Fsp3) is 0.500. The summed E-state index contributed by atoms with van der Waals surface area (Å²) in [4.78, 5) is 28.2. The van der Waals surface area contributed by atoms with Crippen molar-refractivity contribution in [3.05, 3.63) is 27.9 Å². The average molecular weight is 210 g/mol. The standard InChI is InChI=1S/C10H14N2O3/c1-6-4-7(12-9(15)11-6)5-10(2,3)8(13)14/h4H,5H2,1-3H3,(H,13,14)(H,11,12,15). The third-order valence-electron chi connectivity index (χ3n) is 2.13. The maximum atomic E-state index is 11.1. The van der Waals surface area contributed by atoms with Crippen LogP contribution in [0, 0.1) is 12.3 Å². The number of carboxylic acids is 1. The molecule has 1 rings (SSSR count). The molecular weight excluding hydrogens is 196 g/mol. The SMILES string of the molecule is Cc1cc(CC(C)(C)C(=O)O)nc(=O)[nH]1. The van der Waals surface area contributed by atoms with Gasteiger partial charge in [0.15, 0.2) is 0 Å². The third kappa shape index (κ3) is 2.90. The van der Waals surface area contributed by atoms with Gasteiger partial charge >= 0.3 is 11.7 Å². The number of aliphatic carboxylic acids is 1. The third-order valence-corrected chi connectivity index (χ3v) is 2.13. The maximum Gasteiger partial charge on any atom is 0.345 e. The number of rotatable bonds is 3. The number of nitrogens with zero attached hydrogens (tertiary/aromatic N) is 1. The van der Waals surface area contributed by atoms with E-state index in [9.17, 15) is 9.59 Å². The molecule has 5 heteroatoms. The van der Waals surface area contributed by atoms with Crippen molar-refractivity contribution in [2.24, 2.45) is 5.41 Å². The smallest absolute Gasteiger partial charge is 0.345 e. The maximum absolute atomic E-state index is 11.1. The summed E-state index contributed by atoms with van der Waals surface area (Å²) in [6.45, 7) is 4.95. The van der Waals surface area contributed by atoms with E-state index in [1.54, 1.807) is 26.8 Å². The van der Waals surface area contributed by atoms with Gasteiger partial charge in [-0.05, 0) is 26.8 Å². The van der Waals surface area contributed by atoms with Crippen molar-refractivity contribution in [2.75, 3.05) is 0 Å². The fourth-order valence-corrected chi connectivity index (χ4v) is 1.26. The first-order valence-corrected chi connectivity index (χ1v) is 4.61. The summed E-state index contributed by atoms with van der Waals surface area (Å²) in [5.41, 5.74) is -0.159. The highest BCUT2D eigenvalue weighted by molar-refractivity contribution is 5.73. The predicted molar refractivity (Wildman–Crippen MR) is 54.7 cm³/mol. The molecule has 0 radical (unpaired) electrons. The summed E-state index contributed by atoms with van der Waals surface area (Å²) in [6, 6.07) is 1.69. The van der Waals surface area contributed by atoms with Gasteiger partial charge in [0.1, 0.15) is 0 Å². The number of aromatic amines is 1. The lowest BCUT2D eigenvalue weighted by molar-refractivity contribution is -0.146. The second-order valence-electron chi connectivity index (χ2n) is 4.23. The minimum absolute atomic E-state index is 0.243. The van der Waals surface area contributed by atoms with Gasteiger partial charge in [0.25, 0.3) is 0 Å². The first-order valence-electron chi connectivity index (χ1n) is 4.61. The number of hydrogen-bond donors (Lipinski definition) is 2.